The monoisotopic (exact) mass is 263 g/mol. The summed E-state index contributed by atoms with van der Waals surface area (Å²) >= 11 is 6.11. The molecule has 0 radical (unpaired) electrons. The maximum atomic E-state index is 13.1. The second-order valence-electron chi connectivity index (χ2n) is 5.88. The SMILES string of the molecule is N#CC1(c2ccc(F)cc2Cl)CC2(CCCC2)C1. The van der Waals surface area contributed by atoms with Crippen molar-refractivity contribution in [2.45, 2.75) is 43.9 Å². The standard InChI is InChI=1S/C15H15ClFN/c16-13-7-11(17)3-4-12(13)15(10-18)8-14(9-15)5-1-2-6-14/h3-4,7H,1-2,5-6,8-9H2. The number of nitriles is 1. The Kier molecular flexibility index (Phi) is 2.64. The number of rotatable bonds is 1. The summed E-state index contributed by atoms with van der Waals surface area (Å²) in [6.45, 7) is 0. The van der Waals surface area contributed by atoms with Gasteiger partial charge in [-0.3, -0.25) is 0 Å². The van der Waals surface area contributed by atoms with E-state index in [2.05, 4.69) is 6.07 Å². The summed E-state index contributed by atoms with van der Waals surface area (Å²) in [5, 5.41) is 9.92. The van der Waals surface area contributed by atoms with Crippen LogP contribution in [0.25, 0.3) is 0 Å². The van der Waals surface area contributed by atoms with E-state index in [1.807, 2.05) is 0 Å². The molecule has 0 amide bonds. The van der Waals surface area contributed by atoms with E-state index in [0.29, 0.717) is 10.4 Å². The van der Waals surface area contributed by atoms with Crippen LogP contribution in [0.15, 0.2) is 18.2 Å². The molecule has 1 spiro atoms. The Balaban J connectivity index is 1.93. The highest BCUT2D eigenvalue weighted by Crippen LogP contribution is 2.63. The highest BCUT2D eigenvalue weighted by Gasteiger charge is 2.57. The molecule has 0 heterocycles. The van der Waals surface area contributed by atoms with Crippen LogP contribution >= 0.6 is 11.6 Å². The minimum Gasteiger partial charge on any atom is -0.207 e. The van der Waals surface area contributed by atoms with Crippen molar-refractivity contribution in [3.63, 3.8) is 0 Å². The van der Waals surface area contributed by atoms with Crippen LogP contribution in [0, 0.1) is 22.6 Å². The number of hydrogen-bond acceptors (Lipinski definition) is 1. The van der Waals surface area contributed by atoms with Crippen LogP contribution in [0.3, 0.4) is 0 Å². The molecule has 2 aliphatic rings. The molecule has 1 aromatic carbocycles. The molecule has 0 saturated heterocycles. The fraction of sp³-hybridized carbons (Fsp3) is 0.533. The van der Waals surface area contributed by atoms with Gasteiger partial charge in [0.15, 0.2) is 0 Å². The van der Waals surface area contributed by atoms with Crippen LogP contribution in [0.4, 0.5) is 4.39 Å². The first kappa shape index (κ1) is 12.0. The summed E-state index contributed by atoms with van der Waals surface area (Å²) in [7, 11) is 0. The van der Waals surface area contributed by atoms with E-state index in [1.165, 1.54) is 37.8 Å². The zero-order valence-electron chi connectivity index (χ0n) is 10.2. The quantitative estimate of drug-likeness (QED) is 0.727. The molecule has 18 heavy (non-hydrogen) atoms. The lowest BCUT2D eigenvalue weighted by molar-refractivity contribution is 0.0648. The van der Waals surface area contributed by atoms with Crippen molar-refractivity contribution in [3.05, 3.63) is 34.6 Å². The van der Waals surface area contributed by atoms with Gasteiger partial charge in [0.2, 0.25) is 0 Å². The molecule has 2 aliphatic carbocycles. The van der Waals surface area contributed by atoms with Crippen LogP contribution < -0.4 is 0 Å². The van der Waals surface area contributed by atoms with E-state index in [1.54, 1.807) is 6.07 Å². The van der Waals surface area contributed by atoms with Gasteiger partial charge in [0.25, 0.3) is 0 Å². The third kappa shape index (κ3) is 1.65. The first-order chi connectivity index (χ1) is 8.59. The number of benzene rings is 1. The lowest BCUT2D eigenvalue weighted by Gasteiger charge is -2.51. The third-order valence-corrected chi connectivity index (χ3v) is 4.99. The van der Waals surface area contributed by atoms with Gasteiger partial charge in [-0.2, -0.15) is 5.26 Å². The highest BCUT2D eigenvalue weighted by atomic mass is 35.5. The molecular weight excluding hydrogens is 249 g/mol. The Morgan fingerprint density at radius 2 is 1.89 bits per heavy atom. The van der Waals surface area contributed by atoms with Crippen LogP contribution in [-0.2, 0) is 5.41 Å². The van der Waals surface area contributed by atoms with Crippen LogP contribution in [0.2, 0.25) is 5.02 Å². The molecule has 0 atom stereocenters. The Morgan fingerprint density at radius 3 is 2.44 bits per heavy atom. The third-order valence-electron chi connectivity index (χ3n) is 4.68. The topological polar surface area (TPSA) is 23.8 Å². The Hall–Kier alpha value is -1.07. The van der Waals surface area contributed by atoms with E-state index in [0.717, 1.165) is 18.4 Å². The molecule has 0 N–H and O–H groups in total. The van der Waals surface area contributed by atoms with Crippen molar-refractivity contribution in [2.75, 3.05) is 0 Å². The van der Waals surface area contributed by atoms with Crippen LogP contribution in [0.5, 0.6) is 0 Å². The van der Waals surface area contributed by atoms with Gasteiger partial charge in [-0.15, -0.1) is 0 Å². The molecule has 0 aliphatic heterocycles. The summed E-state index contributed by atoms with van der Waals surface area (Å²) < 4.78 is 13.1. The second-order valence-corrected chi connectivity index (χ2v) is 6.29. The fourth-order valence-electron chi connectivity index (χ4n) is 3.91. The molecule has 1 nitrogen and oxygen atoms in total. The largest absolute Gasteiger partial charge is 0.207 e. The summed E-state index contributed by atoms with van der Waals surface area (Å²) in [5.74, 6) is -0.341. The van der Waals surface area contributed by atoms with E-state index in [-0.39, 0.29) is 5.82 Å². The zero-order chi connectivity index (χ0) is 12.8. The van der Waals surface area contributed by atoms with E-state index in [4.69, 9.17) is 11.6 Å². The molecule has 94 valence electrons. The first-order valence-corrected chi connectivity index (χ1v) is 6.84. The molecular formula is C15H15ClFN. The molecule has 0 aromatic heterocycles. The van der Waals surface area contributed by atoms with Gasteiger partial charge < -0.3 is 0 Å². The summed E-state index contributed by atoms with van der Waals surface area (Å²) in [5.41, 5.74) is 0.702. The van der Waals surface area contributed by atoms with E-state index in [9.17, 15) is 9.65 Å². The van der Waals surface area contributed by atoms with Crippen LogP contribution in [-0.4, -0.2) is 0 Å². The Morgan fingerprint density at radius 1 is 1.22 bits per heavy atom. The zero-order valence-corrected chi connectivity index (χ0v) is 10.9. The molecule has 0 bridgehead atoms. The minimum atomic E-state index is -0.477. The summed E-state index contributed by atoms with van der Waals surface area (Å²) in [6.07, 6.45) is 6.80. The number of hydrogen-bond donors (Lipinski definition) is 0. The Labute approximate surface area is 112 Å². The van der Waals surface area contributed by atoms with Gasteiger partial charge in [-0.25, -0.2) is 4.39 Å². The maximum absolute atomic E-state index is 13.1. The Bertz CT molecular complexity index is 518. The predicted molar refractivity (Wildman–Crippen MR) is 68.8 cm³/mol. The van der Waals surface area contributed by atoms with Gasteiger partial charge >= 0.3 is 0 Å². The lowest BCUT2D eigenvalue weighted by Crippen LogP contribution is -2.47. The van der Waals surface area contributed by atoms with Gasteiger partial charge in [0, 0.05) is 5.02 Å². The average Bonchev–Trinajstić information content (AvgIpc) is 2.76. The molecule has 3 heteroatoms. The smallest absolute Gasteiger partial charge is 0.124 e. The summed E-state index contributed by atoms with van der Waals surface area (Å²) in [4.78, 5) is 0. The van der Waals surface area contributed by atoms with Gasteiger partial charge in [-0.1, -0.05) is 30.5 Å². The van der Waals surface area contributed by atoms with Crippen molar-refractivity contribution < 1.29 is 4.39 Å². The normalized spacial score (nSPS) is 23.6. The van der Waals surface area contributed by atoms with Crippen LogP contribution in [0.1, 0.15) is 44.1 Å². The maximum Gasteiger partial charge on any atom is 0.124 e. The van der Waals surface area contributed by atoms with Crippen molar-refractivity contribution in [3.8, 4) is 6.07 Å². The highest BCUT2D eigenvalue weighted by molar-refractivity contribution is 6.31. The van der Waals surface area contributed by atoms with Crippen molar-refractivity contribution in [2.24, 2.45) is 5.41 Å². The molecule has 1 aromatic rings. The second kappa shape index (κ2) is 3.96. The molecule has 2 fully saturated rings. The first-order valence-electron chi connectivity index (χ1n) is 6.46. The molecule has 0 unspecified atom stereocenters. The summed E-state index contributed by atoms with van der Waals surface area (Å²) in [6, 6.07) is 6.84. The van der Waals surface area contributed by atoms with Crippen molar-refractivity contribution in [1.29, 1.82) is 5.26 Å². The van der Waals surface area contributed by atoms with Gasteiger partial charge in [0.05, 0.1) is 11.5 Å². The van der Waals surface area contributed by atoms with Crippen molar-refractivity contribution in [1.82, 2.24) is 0 Å². The van der Waals surface area contributed by atoms with Gasteiger partial charge in [-0.05, 0) is 48.8 Å². The number of halogens is 2. The van der Waals surface area contributed by atoms with Gasteiger partial charge in [0.1, 0.15) is 5.82 Å². The fourth-order valence-corrected chi connectivity index (χ4v) is 4.26. The van der Waals surface area contributed by atoms with E-state index >= 15 is 0 Å². The molecule has 3 rings (SSSR count). The van der Waals surface area contributed by atoms with E-state index < -0.39 is 5.41 Å². The number of nitrogens with zero attached hydrogens (tertiary/aromatic N) is 1. The average molecular weight is 264 g/mol. The minimum absolute atomic E-state index is 0.341. The van der Waals surface area contributed by atoms with Crippen molar-refractivity contribution >= 4 is 11.6 Å². The molecule has 2 saturated carbocycles. The predicted octanol–water partition coefficient (Wildman–Crippen LogP) is 4.59. The lowest BCUT2D eigenvalue weighted by atomic mass is 9.50.